The van der Waals surface area contributed by atoms with E-state index in [1.54, 1.807) is 0 Å². The van der Waals surface area contributed by atoms with Crippen molar-refractivity contribution in [1.82, 2.24) is 4.90 Å². The number of hydrogen-bond acceptors (Lipinski definition) is 1. The zero-order valence-corrected chi connectivity index (χ0v) is 16.7. The van der Waals surface area contributed by atoms with Crippen LogP contribution in [0.15, 0.2) is 48.5 Å². The molecule has 0 N–H and O–H groups in total. The van der Waals surface area contributed by atoms with E-state index >= 15 is 0 Å². The van der Waals surface area contributed by atoms with E-state index in [1.165, 1.54) is 5.56 Å². The topological polar surface area (TPSA) is 20.3 Å². The van der Waals surface area contributed by atoms with Gasteiger partial charge >= 0.3 is 0 Å². The van der Waals surface area contributed by atoms with Gasteiger partial charge in [-0.05, 0) is 49.1 Å². The van der Waals surface area contributed by atoms with Crippen molar-refractivity contribution in [3.63, 3.8) is 0 Å². The molecule has 2 aromatic carbocycles. The van der Waals surface area contributed by atoms with Gasteiger partial charge in [0.2, 0.25) is 0 Å². The lowest BCUT2D eigenvalue weighted by atomic mass is 9.70. The molecule has 0 aliphatic carbocycles. The Hall–Kier alpha value is -1.51. The molecule has 1 atom stereocenters. The van der Waals surface area contributed by atoms with Crippen LogP contribution in [0.4, 0.5) is 0 Å². The maximum absolute atomic E-state index is 13.0. The van der Waals surface area contributed by atoms with Gasteiger partial charge in [0.15, 0.2) is 0 Å². The van der Waals surface area contributed by atoms with Gasteiger partial charge in [0, 0.05) is 24.1 Å². The summed E-state index contributed by atoms with van der Waals surface area (Å²) in [5, 5.41) is 1.17. The molecular formula is C22H25Cl2NO. The third-order valence-corrected chi connectivity index (χ3v) is 6.16. The van der Waals surface area contributed by atoms with E-state index in [2.05, 4.69) is 13.0 Å². The molecule has 0 spiro atoms. The molecule has 1 aliphatic rings. The number of unbranched alkanes of at least 4 members (excludes halogenated alkanes) is 1. The van der Waals surface area contributed by atoms with E-state index in [9.17, 15) is 4.79 Å². The van der Waals surface area contributed by atoms with Crippen LogP contribution in [0.2, 0.25) is 10.0 Å². The zero-order valence-electron chi connectivity index (χ0n) is 15.2. The lowest BCUT2D eigenvalue weighted by molar-refractivity contribution is 0.0624. The number of piperidine rings is 1. The molecule has 3 rings (SSSR count). The number of carbonyl (C=O) groups excluding carboxylic acids is 1. The average molecular weight is 390 g/mol. The Bertz CT molecular complexity index is 762. The summed E-state index contributed by atoms with van der Waals surface area (Å²) in [6.45, 7) is 3.75. The van der Waals surface area contributed by atoms with Crippen molar-refractivity contribution in [2.24, 2.45) is 0 Å². The van der Waals surface area contributed by atoms with Crippen molar-refractivity contribution < 1.29 is 4.79 Å². The van der Waals surface area contributed by atoms with Crippen LogP contribution in [-0.2, 0) is 5.41 Å². The Kier molecular flexibility index (Phi) is 6.26. The minimum atomic E-state index is -0.0487. The average Bonchev–Trinajstić information content (AvgIpc) is 2.68. The monoisotopic (exact) mass is 389 g/mol. The highest BCUT2D eigenvalue weighted by Crippen LogP contribution is 2.41. The SMILES string of the molecule is CCCCC1(c2ccc(Cl)c(Cl)c2)CCCN(C(=O)c2ccccc2)C1. The maximum Gasteiger partial charge on any atom is 0.253 e. The smallest absolute Gasteiger partial charge is 0.253 e. The molecule has 2 nitrogen and oxygen atoms in total. The fraction of sp³-hybridized carbons (Fsp3) is 0.409. The minimum Gasteiger partial charge on any atom is -0.338 e. The number of halogens is 2. The summed E-state index contributed by atoms with van der Waals surface area (Å²) in [4.78, 5) is 15.0. The second kappa shape index (κ2) is 8.45. The van der Waals surface area contributed by atoms with Gasteiger partial charge in [-0.15, -0.1) is 0 Å². The van der Waals surface area contributed by atoms with Crippen molar-refractivity contribution >= 4 is 29.1 Å². The first kappa shape index (κ1) is 19.3. The van der Waals surface area contributed by atoms with Crippen molar-refractivity contribution in [2.45, 2.75) is 44.4 Å². The molecule has 138 valence electrons. The van der Waals surface area contributed by atoms with Crippen LogP contribution in [0, 0.1) is 0 Å². The molecule has 0 bridgehead atoms. The quantitative estimate of drug-likeness (QED) is 0.582. The minimum absolute atomic E-state index is 0.0487. The molecule has 2 aromatic rings. The summed E-state index contributed by atoms with van der Waals surface area (Å²) in [6.07, 6.45) is 5.40. The molecule has 1 saturated heterocycles. The van der Waals surface area contributed by atoms with Gasteiger partial charge in [-0.1, -0.05) is 67.2 Å². The first-order valence-corrected chi connectivity index (χ1v) is 10.1. The van der Waals surface area contributed by atoms with Crippen molar-refractivity contribution in [3.8, 4) is 0 Å². The predicted molar refractivity (Wildman–Crippen MR) is 109 cm³/mol. The molecule has 1 aliphatic heterocycles. The van der Waals surface area contributed by atoms with E-state index in [-0.39, 0.29) is 11.3 Å². The van der Waals surface area contributed by atoms with Crippen LogP contribution in [0.25, 0.3) is 0 Å². The molecule has 1 fully saturated rings. The van der Waals surface area contributed by atoms with E-state index in [1.807, 2.05) is 47.4 Å². The number of amides is 1. The molecule has 1 amide bonds. The van der Waals surface area contributed by atoms with Gasteiger partial charge in [-0.2, -0.15) is 0 Å². The molecule has 0 saturated carbocycles. The van der Waals surface area contributed by atoms with Gasteiger partial charge < -0.3 is 4.90 Å². The number of likely N-dealkylation sites (tertiary alicyclic amines) is 1. The predicted octanol–water partition coefficient (Wildman–Crippen LogP) is 6.36. The lowest BCUT2D eigenvalue weighted by Crippen LogP contribution is -2.48. The zero-order chi connectivity index (χ0) is 18.6. The summed E-state index contributed by atoms with van der Waals surface area (Å²) in [6, 6.07) is 15.5. The fourth-order valence-electron chi connectivity index (χ4n) is 3.99. The number of benzene rings is 2. The Morgan fingerprint density at radius 2 is 1.88 bits per heavy atom. The van der Waals surface area contributed by atoms with Crippen molar-refractivity contribution in [3.05, 3.63) is 69.7 Å². The van der Waals surface area contributed by atoms with E-state index < -0.39 is 0 Å². The molecule has 26 heavy (non-hydrogen) atoms. The lowest BCUT2D eigenvalue weighted by Gasteiger charge is -2.44. The van der Waals surface area contributed by atoms with Gasteiger partial charge in [-0.3, -0.25) is 4.79 Å². The first-order valence-electron chi connectivity index (χ1n) is 9.35. The maximum atomic E-state index is 13.0. The fourth-order valence-corrected chi connectivity index (χ4v) is 4.29. The largest absolute Gasteiger partial charge is 0.338 e. The van der Waals surface area contributed by atoms with Crippen LogP contribution in [-0.4, -0.2) is 23.9 Å². The Labute approximate surface area is 166 Å². The highest BCUT2D eigenvalue weighted by Gasteiger charge is 2.38. The highest BCUT2D eigenvalue weighted by molar-refractivity contribution is 6.42. The van der Waals surface area contributed by atoms with Gasteiger partial charge in [0.05, 0.1) is 10.0 Å². The number of rotatable bonds is 5. The molecule has 1 unspecified atom stereocenters. The van der Waals surface area contributed by atoms with Crippen LogP contribution in [0.3, 0.4) is 0 Å². The second-order valence-electron chi connectivity index (χ2n) is 7.21. The first-order chi connectivity index (χ1) is 12.6. The van der Waals surface area contributed by atoms with Crippen LogP contribution in [0.5, 0.6) is 0 Å². The Balaban J connectivity index is 1.91. The molecular weight excluding hydrogens is 365 g/mol. The van der Waals surface area contributed by atoms with E-state index in [0.29, 0.717) is 10.0 Å². The van der Waals surface area contributed by atoms with E-state index in [0.717, 1.165) is 50.8 Å². The molecule has 4 heteroatoms. The van der Waals surface area contributed by atoms with Crippen molar-refractivity contribution in [1.29, 1.82) is 0 Å². The standard InChI is InChI=1S/C22H25Cl2NO/c1-2-3-12-22(18-10-11-19(23)20(24)15-18)13-7-14-25(16-22)21(26)17-8-5-4-6-9-17/h4-6,8-11,15H,2-3,7,12-14,16H2,1H3. The van der Waals surface area contributed by atoms with Crippen LogP contribution < -0.4 is 0 Å². The Morgan fingerprint density at radius 1 is 1.12 bits per heavy atom. The molecule has 0 radical (unpaired) electrons. The number of nitrogens with zero attached hydrogens (tertiary/aromatic N) is 1. The summed E-state index contributed by atoms with van der Waals surface area (Å²) in [5.74, 6) is 0.117. The second-order valence-corrected chi connectivity index (χ2v) is 8.02. The van der Waals surface area contributed by atoms with E-state index in [4.69, 9.17) is 23.2 Å². The Morgan fingerprint density at radius 3 is 2.58 bits per heavy atom. The summed E-state index contributed by atoms with van der Waals surface area (Å²) >= 11 is 12.4. The normalized spacial score (nSPS) is 20.2. The van der Waals surface area contributed by atoms with Crippen molar-refractivity contribution in [2.75, 3.05) is 13.1 Å². The van der Waals surface area contributed by atoms with Gasteiger partial charge in [-0.25, -0.2) is 0 Å². The van der Waals surface area contributed by atoms with Gasteiger partial charge in [0.25, 0.3) is 5.91 Å². The summed E-state index contributed by atoms with van der Waals surface area (Å²) < 4.78 is 0. The van der Waals surface area contributed by atoms with Gasteiger partial charge in [0.1, 0.15) is 0 Å². The third-order valence-electron chi connectivity index (χ3n) is 5.43. The molecule has 1 heterocycles. The number of hydrogen-bond donors (Lipinski definition) is 0. The van der Waals surface area contributed by atoms with Crippen LogP contribution in [0.1, 0.15) is 54.9 Å². The summed E-state index contributed by atoms with van der Waals surface area (Å²) in [7, 11) is 0. The highest BCUT2D eigenvalue weighted by atomic mass is 35.5. The third kappa shape index (κ3) is 4.07. The summed E-state index contributed by atoms with van der Waals surface area (Å²) in [5.41, 5.74) is 1.91. The van der Waals surface area contributed by atoms with Crippen LogP contribution >= 0.6 is 23.2 Å². The molecule has 0 aromatic heterocycles. The number of carbonyl (C=O) groups is 1.